The number of fused-ring (bicyclic) bond motifs is 7. The van der Waals surface area contributed by atoms with Gasteiger partial charge in [-0.25, -0.2) is 4.57 Å². The summed E-state index contributed by atoms with van der Waals surface area (Å²) in [7, 11) is 1.67. The molecule has 0 fully saturated rings. The highest BCUT2D eigenvalue weighted by molar-refractivity contribution is 6.12. The van der Waals surface area contributed by atoms with Gasteiger partial charge in [0.2, 0.25) is 5.69 Å². The second-order valence-corrected chi connectivity index (χ2v) is 8.54. The van der Waals surface area contributed by atoms with Gasteiger partial charge in [0.05, 0.1) is 11.3 Å². The fraction of sp³-hybridized carbons (Fsp3) is 0.267. The summed E-state index contributed by atoms with van der Waals surface area (Å²) in [6, 6.07) is 12.8. The van der Waals surface area contributed by atoms with Crippen molar-refractivity contribution in [1.29, 1.82) is 0 Å². The molecule has 33 heavy (non-hydrogen) atoms. The molecule has 3 heteroatoms. The summed E-state index contributed by atoms with van der Waals surface area (Å²) >= 11 is 0. The molecule has 3 heterocycles. The molecule has 0 unspecified atom stereocenters. The Morgan fingerprint density at radius 1 is 1.03 bits per heavy atom. The van der Waals surface area contributed by atoms with Crippen LogP contribution in [0.25, 0.3) is 44.3 Å². The van der Waals surface area contributed by atoms with Crippen LogP contribution in [0, 0.1) is 6.92 Å². The molecule has 3 aromatic heterocycles. The molecule has 6 rings (SSSR count). The number of benzene rings is 2. The first kappa shape index (κ1) is 10.6. The van der Waals surface area contributed by atoms with Crippen LogP contribution >= 0.6 is 0 Å². The Morgan fingerprint density at radius 2 is 1.85 bits per heavy atom. The largest absolute Gasteiger partial charge is 0.455 e. The summed E-state index contributed by atoms with van der Waals surface area (Å²) in [6.07, 6.45) is 2.84. The van der Waals surface area contributed by atoms with Crippen LogP contribution in [0.1, 0.15) is 73.5 Å². The lowest BCUT2D eigenvalue weighted by molar-refractivity contribution is -0.660. The number of rotatable bonds is 2. The third-order valence-electron chi connectivity index (χ3n) is 6.54. The van der Waals surface area contributed by atoms with E-state index in [4.69, 9.17) is 22.2 Å². The summed E-state index contributed by atoms with van der Waals surface area (Å²) < 4.78 is 116. The zero-order valence-corrected chi connectivity index (χ0v) is 18.1. The molecule has 0 amide bonds. The number of aryl methyl sites for hydroxylation is 2. The molecule has 0 aliphatic heterocycles. The van der Waals surface area contributed by atoms with Crippen molar-refractivity contribution in [3.63, 3.8) is 0 Å². The normalized spacial score (nSPS) is 21.9. The molecule has 2 aromatic carbocycles. The van der Waals surface area contributed by atoms with E-state index in [1.165, 1.54) is 24.5 Å². The summed E-state index contributed by atoms with van der Waals surface area (Å²) in [5.41, 5.74) is -0.379. The maximum atomic E-state index is 8.74. The van der Waals surface area contributed by atoms with Crippen molar-refractivity contribution >= 4 is 21.9 Å². The summed E-state index contributed by atoms with van der Waals surface area (Å²) in [5.74, 6) is -2.95. The topological polar surface area (TPSA) is 29.9 Å². The number of pyridine rings is 2. The second-order valence-electron chi connectivity index (χ2n) is 8.54. The van der Waals surface area contributed by atoms with E-state index in [1.54, 1.807) is 54.9 Å². The van der Waals surface area contributed by atoms with E-state index in [2.05, 4.69) is 4.98 Å². The molecule has 0 bridgehead atoms. The number of hydrogen-bond acceptors (Lipinski definition) is 2. The predicted molar refractivity (Wildman–Crippen MR) is 135 cm³/mol. The fourth-order valence-electron chi connectivity index (χ4n) is 4.93. The van der Waals surface area contributed by atoms with Crippen LogP contribution in [0.4, 0.5) is 0 Å². The van der Waals surface area contributed by atoms with Crippen LogP contribution in [-0.2, 0) is 12.5 Å². The minimum absolute atomic E-state index is 0.0217. The van der Waals surface area contributed by atoms with Gasteiger partial charge in [0, 0.05) is 63.5 Å². The molecule has 0 atom stereocenters. The number of nitrogens with zero attached hydrogens (tertiary/aromatic N) is 2. The Labute approximate surface area is 213 Å². The van der Waals surface area contributed by atoms with E-state index in [0.717, 1.165) is 0 Å². The molecule has 164 valence electrons. The zero-order valence-electron chi connectivity index (χ0n) is 31.1. The Hall–Kier alpha value is -3.46. The van der Waals surface area contributed by atoms with Crippen LogP contribution in [0.15, 0.2) is 65.3 Å². The first-order valence-corrected chi connectivity index (χ1v) is 10.5. The maximum Gasteiger partial charge on any atom is 0.216 e. The molecular formula is C30H29N2O+. The Kier molecular flexibility index (Phi) is 2.18. The smallest absolute Gasteiger partial charge is 0.216 e. The second kappa shape index (κ2) is 6.77. The lowest BCUT2D eigenvalue weighted by atomic mass is 9.84. The lowest BCUT2D eigenvalue weighted by Crippen LogP contribution is -2.31. The SMILES string of the molecule is [2H]C([2H])([2H])C([2H])(c1cc[n+](C)c(-c2c(C)ccc3c2oc2c4c(ccc23)-c2cccnc2C4(C([2H])([2H])[2H])C([2H])([2H])[2H])c1)C([2H])([2H])[2H]. The van der Waals surface area contributed by atoms with E-state index in [0.29, 0.717) is 38.7 Å². The van der Waals surface area contributed by atoms with Crippen LogP contribution in [0.5, 0.6) is 0 Å². The van der Waals surface area contributed by atoms with Crippen LogP contribution in [-0.4, -0.2) is 4.98 Å². The van der Waals surface area contributed by atoms with Crippen molar-refractivity contribution in [2.75, 3.05) is 0 Å². The van der Waals surface area contributed by atoms with Gasteiger partial charge in [-0.15, -0.1) is 0 Å². The van der Waals surface area contributed by atoms with Gasteiger partial charge in [0.25, 0.3) is 0 Å². The quantitative estimate of drug-likeness (QED) is 0.268. The summed E-state index contributed by atoms with van der Waals surface area (Å²) in [6.45, 7) is -10.8. The first-order chi connectivity index (χ1) is 21.1. The van der Waals surface area contributed by atoms with Gasteiger partial charge in [-0.3, -0.25) is 4.98 Å². The molecule has 0 saturated carbocycles. The van der Waals surface area contributed by atoms with Crippen molar-refractivity contribution in [2.24, 2.45) is 7.05 Å². The van der Waals surface area contributed by atoms with Gasteiger partial charge < -0.3 is 4.42 Å². The minimum Gasteiger partial charge on any atom is -0.455 e. The molecule has 1 aliphatic carbocycles. The van der Waals surface area contributed by atoms with Gasteiger partial charge in [-0.2, -0.15) is 0 Å². The molecule has 3 nitrogen and oxygen atoms in total. The standard InChI is InChI=1S/C30H29N2O/c1-17(2)19-13-15-32(6)24(16-19)25-18(3)9-10-21-22-12-11-20-23-8-7-14-31-29(23)30(4,5)26(20)28(22)33-27(21)25/h7-17H,1-6H3/q+1/i1D3,2D3,4D3,5D3,17D. The minimum atomic E-state index is -3.20. The highest BCUT2D eigenvalue weighted by atomic mass is 16.3. The molecule has 0 N–H and O–H groups in total. The van der Waals surface area contributed by atoms with Crippen LogP contribution in [0.2, 0.25) is 0 Å². The van der Waals surface area contributed by atoms with E-state index in [1.807, 2.05) is 0 Å². The molecular weight excluding hydrogens is 404 g/mol. The third kappa shape index (κ3) is 2.68. The average Bonchev–Trinajstić information content (AvgIpc) is 3.45. The van der Waals surface area contributed by atoms with E-state index in [-0.39, 0.29) is 28.0 Å². The predicted octanol–water partition coefficient (Wildman–Crippen LogP) is 7.21. The van der Waals surface area contributed by atoms with Gasteiger partial charge >= 0.3 is 0 Å². The lowest BCUT2D eigenvalue weighted by Gasteiger charge is -2.20. The van der Waals surface area contributed by atoms with E-state index >= 15 is 0 Å². The first-order valence-electron chi connectivity index (χ1n) is 17.0. The van der Waals surface area contributed by atoms with Crippen molar-refractivity contribution in [3.8, 4) is 22.4 Å². The third-order valence-corrected chi connectivity index (χ3v) is 6.54. The molecule has 0 spiro atoms. The number of aromatic nitrogens is 2. The van der Waals surface area contributed by atoms with Crippen LogP contribution < -0.4 is 4.57 Å². The van der Waals surface area contributed by atoms with E-state index < -0.39 is 38.7 Å². The summed E-state index contributed by atoms with van der Waals surface area (Å²) in [4.78, 5) is 4.31. The highest BCUT2D eigenvalue weighted by Gasteiger charge is 2.40. The van der Waals surface area contributed by atoms with Gasteiger partial charge in [-0.05, 0) is 55.3 Å². The Morgan fingerprint density at radius 3 is 2.67 bits per heavy atom. The molecule has 0 radical (unpaired) electrons. The molecule has 5 aromatic rings. The monoisotopic (exact) mass is 446 g/mol. The zero-order chi connectivity index (χ0) is 34.0. The molecule has 0 saturated heterocycles. The molecule has 1 aliphatic rings. The fourth-order valence-corrected chi connectivity index (χ4v) is 4.93. The number of hydrogen-bond donors (Lipinski definition) is 0. The maximum absolute atomic E-state index is 8.74. The Bertz CT molecular complexity index is 2020. The van der Waals surface area contributed by atoms with Gasteiger partial charge in [-0.1, -0.05) is 38.0 Å². The van der Waals surface area contributed by atoms with E-state index in [9.17, 15) is 0 Å². The highest BCUT2D eigenvalue weighted by Crippen LogP contribution is 2.52. The van der Waals surface area contributed by atoms with Gasteiger partial charge in [0.1, 0.15) is 18.2 Å². The van der Waals surface area contributed by atoms with Gasteiger partial charge in [0.15, 0.2) is 6.20 Å². The average molecular weight is 447 g/mol. The van der Waals surface area contributed by atoms with Crippen molar-refractivity contribution in [1.82, 2.24) is 4.98 Å². The van der Waals surface area contributed by atoms with Crippen molar-refractivity contribution < 1.29 is 26.8 Å². The Balaban J connectivity index is 1.73. The van der Waals surface area contributed by atoms with Crippen molar-refractivity contribution in [3.05, 3.63) is 83.3 Å². The summed E-state index contributed by atoms with van der Waals surface area (Å²) in [5, 5.41) is 0.987. The van der Waals surface area contributed by atoms with Crippen LogP contribution in [0.3, 0.4) is 0 Å². The number of furan rings is 1. The van der Waals surface area contributed by atoms with Crippen molar-refractivity contribution in [2.45, 2.75) is 45.6 Å².